The summed E-state index contributed by atoms with van der Waals surface area (Å²) in [7, 11) is 0. The van der Waals surface area contributed by atoms with Gasteiger partial charge in [0.05, 0.1) is 6.10 Å². The Morgan fingerprint density at radius 2 is 1.94 bits per heavy atom. The molecule has 0 fully saturated rings. The van der Waals surface area contributed by atoms with Gasteiger partial charge in [0.2, 0.25) is 0 Å². The standard InChI is InChI=1S/C13H12FNO/c14-12-3-1-2-10(8-12)9-13(16)11-4-6-15-7-5-11/h1-8,13,16H,9H2. The Morgan fingerprint density at radius 3 is 2.62 bits per heavy atom. The van der Waals surface area contributed by atoms with E-state index < -0.39 is 6.10 Å². The van der Waals surface area contributed by atoms with Crippen molar-refractivity contribution in [3.05, 3.63) is 65.7 Å². The molecule has 1 heterocycles. The van der Waals surface area contributed by atoms with Crippen LogP contribution in [0.15, 0.2) is 48.8 Å². The van der Waals surface area contributed by atoms with Crippen LogP contribution in [-0.2, 0) is 6.42 Å². The number of pyridine rings is 1. The number of aromatic nitrogens is 1. The Morgan fingerprint density at radius 1 is 1.19 bits per heavy atom. The van der Waals surface area contributed by atoms with Crippen molar-refractivity contribution in [2.24, 2.45) is 0 Å². The third-order valence-electron chi connectivity index (χ3n) is 2.41. The van der Waals surface area contributed by atoms with Gasteiger partial charge in [0.1, 0.15) is 5.82 Å². The monoisotopic (exact) mass is 217 g/mol. The van der Waals surface area contributed by atoms with E-state index in [1.54, 1.807) is 36.7 Å². The Hall–Kier alpha value is -1.74. The van der Waals surface area contributed by atoms with Gasteiger partial charge in [0.15, 0.2) is 0 Å². The molecule has 16 heavy (non-hydrogen) atoms. The van der Waals surface area contributed by atoms with Gasteiger partial charge in [-0.3, -0.25) is 4.98 Å². The molecule has 0 aliphatic carbocycles. The van der Waals surface area contributed by atoms with E-state index in [1.165, 1.54) is 12.1 Å². The Kier molecular flexibility index (Phi) is 3.27. The van der Waals surface area contributed by atoms with E-state index in [1.807, 2.05) is 0 Å². The molecule has 1 unspecified atom stereocenters. The molecule has 82 valence electrons. The lowest BCUT2D eigenvalue weighted by atomic mass is 10.0. The summed E-state index contributed by atoms with van der Waals surface area (Å²) in [6.45, 7) is 0. The zero-order chi connectivity index (χ0) is 11.4. The molecule has 0 saturated carbocycles. The van der Waals surface area contributed by atoms with Gasteiger partial charge in [-0.05, 0) is 35.4 Å². The normalized spacial score (nSPS) is 12.4. The summed E-state index contributed by atoms with van der Waals surface area (Å²) in [5, 5.41) is 9.91. The van der Waals surface area contributed by atoms with Gasteiger partial charge in [0.25, 0.3) is 0 Å². The molecule has 0 bridgehead atoms. The van der Waals surface area contributed by atoms with Crippen molar-refractivity contribution in [1.82, 2.24) is 4.98 Å². The van der Waals surface area contributed by atoms with Crippen LogP contribution in [0.3, 0.4) is 0 Å². The maximum atomic E-state index is 12.9. The van der Waals surface area contributed by atoms with Gasteiger partial charge >= 0.3 is 0 Å². The Labute approximate surface area is 93.4 Å². The van der Waals surface area contributed by atoms with Crippen molar-refractivity contribution in [2.75, 3.05) is 0 Å². The number of hydrogen-bond acceptors (Lipinski definition) is 2. The molecule has 2 rings (SSSR count). The smallest absolute Gasteiger partial charge is 0.123 e. The van der Waals surface area contributed by atoms with Gasteiger partial charge < -0.3 is 5.11 Å². The fourth-order valence-electron chi connectivity index (χ4n) is 1.59. The van der Waals surface area contributed by atoms with Crippen LogP contribution in [0.4, 0.5) is 4.39 Å². The highest BCUT2D eigenvalue weighted by atomic mass is 19.1. The summed E-state index contributed by atoms with van der Waals surface area (Å²) < 4.78 is 12.9. The molecule has 0 amide bonds. The maximum Gasteiger partial charge on any atom is 0.123 e. The van der Waals surface area contributed by atoms with E-state index in [-0.39, 0.29) is 5.82 Å². The second kappa shape index (κ2) is 4.86. The third-order valence-corrected chi connectivity index (χ3v) is 2.41. The average Bonchev–Trinajstić information content (AvgIpc) is 2.30. The predicted octanol–water partition coefficient (Wildman–Crippen LogP) is 2.50. The van der Waals surface area contributed by atoms with Crippen LogP contribution in [0.2, 0.25) is 0 Å². The zero-order valence-electron chi connectivity index (χ0n) is 8.68. The van der Waals surface area contributed by atoms with Crippen molar-refractivity contribution in [1.29, 1.82) is 0 Å². The number of benzene rings is 1. The SMILES string of the molecule is OC(Cc1cccc(F)c1)c1ccncc1. The molecule has 1 atom stereocenters. The zero-order valence-corrected chi connectivity index (χ0v) is 8.68. The van der Waals surface area contributed by atoms with Crippen LogP contribution in [0.5, 0.6) is 0 Å². The molecule has 0 radical (unpaired) electrons. The Balaban J connectivity index is 2.11. The molecular formula is C13H12FNO. The number of aliphatic hydroxyl groups is 1. The molecule has 0 aliphatic heterocycles. The second-order valence-corrected chi connectivity index (χ2v) is 3.63. The summed E-state index contributed by atoms with van der Waals surface area (Å²) in [5.74, 6) is -0.278. The molecule has 1 aromatic heterocycles. The number of hydrogen-bond donors (Lipinski definition) is 1. The van der Waals surface area contributed by atoms with E-state index in [0.29, 0.717) is 6.42 Å². The summed E-state index contributed by atoms with van der Waals surface area (Å²) in [6.07, 6.45) is 3.04. The minimum absolute atomic E-state index is 0.278. The van der Waals surface area contributed by atoms with E-state index >= 15 is 0 Å². The first kappa shape index (κ1) is 10.8. The molecular weight excluding hydrogens is 205 g/mol. The highest BCUT2D eigenvalue weighted by molar-refractivity contribution is 5.21. The molecule has 2 aromatic rings. The molecule has 3 heteroatoms. The first-order valence-electron chi connectivity index (χ1n) is 5.08. The van der Waals surface area contributed by atoms with Crippen molar-refractivity contribution < 1.29 is 9.50 Å². The fraction of sp³-hybridized carbons (Fsp3) is 0.154. The number of nitrogens with zero attached hydrogens (tertiary/aromatic N) is 1. The summed E-state index contributed by atoms with van der Waals surface area (Å²) in [6, 6.07) is 9.78. The average molecular weight is 217 g/mol. The van der Waals surface area contributed by atoms with E-state index in [2.05, 4.69) is 4.98 Å². The van der Waals surface area contributed by atoms with Crippen LogP contribution in [0.1, 0.15) is 17.2 Å². The van der Waals surface area contributed by atoms with E-state index in [9.17, 15) is 9.50 Å². The van der Waals surface area contributed by atoms with Crippen LogP contribution in [-0.4, -0.2) is 10.1 Å². The van der Waals surface area contributed by atoms with Crippen molar-refractivity contribution in [3.8, 4) is 0 Å². The van der Waals surface area contributed by atoms with Crippen molar-refractivity contribution >= 4 is 0 Å². The second-order valence-electron chi connectivity index (χ2n) is 3.63. The van der Waals surface area contributed by atoms with Gasteiger partial charge in [0, 0.05) is 18.8 Å². The number of rotatable bonds is 3. The van der Waals surface area contributed by atoms with Crippen LogP contribution in [0, 0.1) is 5.82 Å². The van der Waals surface area contributed by atoms with Crippen LogP contribution >= 0.6 is 0 Å². The lowest BCUT2D eigenvalue weighted by molar-refractivity contribution is 0.178. The quantitative estimate of drug-likeness (QED) is 0.856. The molecule has 0 saturated heterocycles. The first-order chi connectivity index (χ1) is 7.75. The summed E-state index contributed by atoms with van der Waals surface area (Å²) >= 11 is 0. The summed E-state index contributed by atoms with van der Waals surface area (Å²) in [4.78, 5) is 3.88. The molecule has 0 aliphatic rings. The largest absolute Gasteiger partial charge is 0.388 e. The summed E-state index contributed by atoms with van der Waals surface area (Å²) in [5.41, 5.74) is 1.57. The molecule has 2 nitrogen and oxygen atoms in total. The fourth-order valence-corrected chi connectivity index (χ4v) is 1.59. The third kappa shape index (κ3) is 2.64. The van der Waals surface area contributed by atoms with E-state index in [4.69, 9.17) is 0 Å². The van der Waals surface area contributed by atoms with Gasteiger partial charge in [-0.25, -0.2) is 4.39 Å². The highest BCUT2D eigenvalue weighted by Crippen LogP contribution is 2.17. The topological polar surface area (TPSA) is 33.1 Å². The predicted molar refractivity (Wildman–Crippen MR) is 59.3 cm³/mol. The molecule has 1 N–H and O–H groups in total. The molecule has 1 aromatic carbocycles. The van der Waals surface area contributed by atoms with Crippen molar-refractivity contribution in [2.45, 2.75) is 12.5 Å². The molecule has 0 spiro atoms. The maximum absolute atomic E-state index is 12.9. The van der Waals surface area contributed by atoms with E-state index in [0.717, 1.165) is 11.1 Å². The van der Waals surface area contributed by atoms with Crippen molar-refractivity contribution in [3.63, 3.8) is 0 Å². The highest BCUT2D eigenvalue weighted by Gasteiger charge is 2.08. The van der Waals surface area contributed by atoms with Crippen LogP contribution in [0.25, 0.3) is 0 Å². The van der Waals surface area contributed by atoms with Crippen LogP contribution < -0.4 is 0 Å². The first-order valence-corrected chi connectivity index (χ1v) is 5.08. The lowest BCUT2D eigenvalue weighted by Crippen LogP contribution is -2.01. The number of aliphatic hydroxyl groups excluding tert-OH is 1. The Bertz CT molecular complexity index is 458. The van der Waals surface area contributed by atoms with Gasteiger partial charge in [-0.2, -0.15) is 0 Å². The lowest BCUT2D eigenvalue weighted by Gasteiger charge is -2.10. The van der Waals surface area contributed by atoms with Gasteiger partial charge in [-0.15, -0.1) is 0 Å². The van der Waals surface area contributed by atoms with Gasteiger partial charge in [-0.1, -0.05) is 12.1 Å². The minimum atomic E-state index is -0.621. The minimum Gasteiger partial charge on any atom is -0.388 e. The number of halogens is 1.